The van der Waals surface area contributed by atoms with Gasteiger partial charge in [-0.15, -0.1) is 0 Å². The van der Waals surface area contributed by atoms with Crippen molar-refractivity contribution in [3.05, 3.63) is 0 Å². The van der Waals surface area contributed by atoms with E-state index in [2.05, 4.69) is 16.0 Å². The number of thioether (sulfide) groups is 1. The Kier molecular flexibility index (Phi) is 34.3. The Morgan fingerprint density at radius 2 is 1.06 bits per heavy atom. The zero-order valence-corrected chi connectivity index (χ0v) is 32.6. The molecule has 0 radical (unpaired) electrons. The number of esters is 1. The van der Waals surface area contributed by atoms with E-state index in [9.17, 15) is 24.0 Å². The zero-order chi connectivity index (χ0) is 37.8. The van der Waals surface area contributed by atoms with Crippen LogP contribution in [-0.2, 0) is 42.9 Å². The number of amides is 3. The molecule has 0 heterocycles. The van der Waals surface area contributed by atoms with Gasteiger partial charge in [-0.3, -0.25) is 19.2 Å². The fraction of sp³-hybridized carbons (Fsp3) is 0.865. The van der Waals surface area contributed by atoms with Crippen molar-refractivity contribution >= 4 is 41.4 Å². The minimum absolute atomic E-state index is 0.00469. The highest BCUT2D eigenvalue weighted by Crippen LogP contribution is 2.13. The number of ether oxygens (including phenoxy) is 4. The van der Waals surface area contributed by atoms with Crippen LogP contribution in [0.3, 0.4) is 0 Å². The van der Waals surface area contributed by atoms with Gasteiger partial charge in [-0.1, -0.05) is 52.9 Å². The Hall–Kier alpha value is -2.42. The molecule has 13 nitrogen and oxygen atoms in total. The smallest absolute Gasteiger partial charge is 0.328 e. The lowest BCUT2D eigenvalue weighted by molar-refractivity contribution is -0.149. The number of nitrogens with one attached hydrogen (secondary N) is 3. The largest absolute Gasteiger partial charge is 0.481 e. The van der Waals surface area contributed by atoms with Gasteiger partial charge in [-0.2, -0.15) is 11.8 Å². The fourth-order valence-electron chi connectivity index (χ4n) is 4.68. The maximum Gasteiger partial charge on any atom is 0.328 e. The van der Waals surface area contributed by atoms with Crippen LogP contribution in [0.4, 0.5) is 0 Å². The first-order valence-electron chi connectivity index (χ1n) is 19.2. The molecule has 0 bridgehead atoms. The SMILES string of the molecule is CCCCOC(=O)C(NC(=O)CCCCCCCSCCCCCC(=O)NCCCOCCOCCOCCCNC(=O)CCC(=O)O)C(C)C. The predicted molar refractivity (Wildman–Crippen MR) is 201 cm³/mol. The van der Waals surface area contributed by atoms with E-state index in [0.29, 0.717) is 78.6 Å². The lowest BCUT2D eigenvalue weighted by Gasteiger charge is -2.20. The Morgan fingerprint density at radius 3 is 1.61 bits per heavy atom. The molecule has 0 rings (SSSR count). The molecule has 0 aliphatic carbocycles. The number of carbonyl (C=O) groups excluding carboxylic acids is 4. The predicted octanol–water partition coefficient (Wildman–Crippen LogP) is 5.03. The molecule has 1 unspecified atom stereocenters. The monoisotopic (exact) mass is 747 g/mol. The van der Waals surface area contributed by atoms with Crippen LogP contribution in [0.15, 0.2) is 0 Å². The van der Waals surface area contributed by atoms with Crippen LogP contribution in [0.25, 0.3) is 0 Å². The summed E-state index contributed by atoms with van der Waals surface area (Å²) >= 11 is 1.97. The molecule has 3 amide bonds. The molecular formula is C37H69N3O10S. The van der Waals surface area contributed by atoms with Crippen LogP contribution in [0.5, 0.6) is 0 Å². The Morgan fingerprint density at radius 1 is 0.569 bits per heavy atom. The molecule has 51 heavy (non-hydrogen) atoms. The van der Waals surface area contributed by atoms with Crippen molar-refractivity contribution in [3.8, 4) is 0 Å². The van der Waals surface area contributed by atoms with E-state index in [4.69, 9.17) is 24.1 Å². The summed E-state index contributed by atoms with van der Waals surface area (Å²) < 4.78 is 21.7. The number of carboxylic acids is 1. The van der Waals surface area contributed by atoms with E-state index in [-0.39, 0.29) is 42.5 Å². The summed E-state index contributed by atoms with van der Waals surface area (Å²) in [6.07, 6.45) is 12.4. The number of hydrogen-bond acceptors (Lipinski definition) is 10. The molecule has 0 spiro atoms. The average molecular weight is 748 g/mol. The van der Waals surface area contributed by atoms with Gasteiger partial charge in [0.15, 0.2) is 0 Å². The molecule has 298 valence electrons. The van der Waals surface area contributed by atoms with Crippen LogP contribution in [0, 0.1) is 5.92 Å². The van der Waals surface area contributed by atoms with Crippen LogP contribution in [0.2, 0.25) is 0 Å². The second-order valence-corrected chi connectivity index (χ2v) is 14.1. The molecule has 1 atom stereocenters. The Labute approximate surface area is 311 Å². The average Bonchev–Trinajstić information content (AvgIpc) is 3.09. The normalized spacial score (nSPS) is 11.7. The van der Waals surface area contributed by atoms with Crippen molar-refractivity contribution in [2.45, 2.75) is 130 Å². The van der Waals surface area contributed by atoms with Crippen molar-refractivity contribution in [1.29, 1.82) is 0 Å². The molecular weight excluding hydrogens is 678 g/mol. The van der Waals surface area contributed by atoms with E-state index >= 15 is 0 Å². The summed E-state index contributed by atoms with van der Waals surface area (Å²) in [6.45, 7) is 10.2. The van der Waals surface area contributed by atoms with Crippen LogP contribution < -0.4 is 16.0 Å². The zero-order valence-electron chi connectivity index (χ0n) is 31.8. The van der Waals surface area contributed by atoms with Crippen LogP contribution in [0.1, 0.15) is 124 Å². The lowest BCUT2D eigenvalue weighted by Crippen LogP contribution is -2.45. The number of unbranched alkanes of at least 4 members (excludes halogenated alkanes) is 7. The third-order valence-electron chi connectivity index (χ3n) is 7.75. The highest BCUT2D eigenvalue weighted by atomic mass is 32.2. The number of aliphatic carboxylic acids is 1. The molecule has 0 aliphatic rings. The van der Waals surface area contributed by atoms with E-state index < -0.39 is 12.0 Å². The fourth-order valence-corrected chi connectivity index (χ4v) is 5.70. The molecule has 0 aliphatic heterocycles. The van der Waals surface area contributed by atoms with Crippen LogP contribution in [-0.4, -0.2) is 112 Å². The lowest BCUT2D eigenvalue weighted by atomic mass is 10.0. The molecule has 0 aromatic heterocycles. The van der Waals surface area contributed by atoms with E-state index in [0.717, 1.165) is 75.7 Å². The summed E-state index contributed by atoms with van der Waals surface area (Å²) in [4.78, 5) is 58.4. The van der Waals surface area contributed by atoms with Gasteiger partial charge in [0.05, 0.1) is 39.5 Å². The van der Waals surface area contributed by atoms with Crippen molar-refractivity contribution in [1.82, 2.24) is 16.0 Å². The molecule has 0 fully saturated rings. The number of hydrogen-bond donors (Lipinski definition) is 4. The molecule has 0 aromatic carbocycles. The van der Waals surface area contributed by atoms with Gasteiger partial charge in [0.1, 0.15) is 6.04 Å². The van der Waals surface area contributed by atoms with Gasteiger partial charge < -0.3 is 40.0 Å². The topological polar surface area (TPSA) is 179 Å². The summed E-state index contributed by atoms with van der Waals surface area (Å²) in [7, 11) is 0. The van der Waals surface area contributed by atoms with Crippen LogP contribution >= 0.6 is 11.8 Å². The molecule has 0 saturated heterocycles. The van der Waals surface area contributed by atoms with Gasteiger partial charge in [-0.25, -0.2) is 4.79 Å². The summed E-state index contributed by atoms with van der Waals surface area (Å²) in [5, 5.41) is 17.0. The first kappa shape index (κ1) is 48.6. The third-order valence-corrected chi connectivity index (χ3v) is 8.90. The number of rotatable bonds is 37. The third kappa shape index (κ3) is 34.4. The minimum Gasteiger partial charge on any atom is -0.481 e. The first-order valence-corrected chi connectivity index (χ1v) is 20.3. The molecule has 0 aromatic rings. The van der Waals surface area contributed by atoms with Crippen molar-refractivity contribution in [3.63, 3.8) is 0 Å². The van der Waals surface area contributed by atoms with Crippen molar-refractivity contribution < 1.29 is 48.0 Å². The van der Waals surface area contributed by atoms with E-state index in [1.807, 2.05) is 32.5 Å². The van der Waals surface area contributed by atoms with E-state index in [1.54, 1.807) is 0 Å². The Bertz CT molecular complexity index is 910. The summed E-state index contributed by atoms with van der Waals surface area (Å²) in [5.41, 5.74) is 0. The van der Waals surface area contributed by atoms with Gasteiger partial charge in [-0.05, 0) is 62.4 Å². The summed E-state index contributed by atoms with van der Waals surface area (Å²) in [6, 6.07) is -0.577. The van der Waals surface area contributed by atoms with Gasteiger partial charge in [0.2, 0.25) is 17.7 Å². The van der Waals surface area contributed by atoms with Gasteiger partial charge >= 0.3 is 11.9 Å². The quantitative estimate of drug-likeness (QED) is 0.0495. The minimum atomic E-state index is -0.984. The number of carbonyl (C=O) groups is 5. The molecule has 4 N–H and O–H groups in total. The second-order valence-electron chi connectivity index (χ2n) is 12.9. The maximum atomic E-state index is 12.3. The second kappa shape index (κ2) is 36.0. The first-order chi connectivity index (χ1) is 24.7. The highest BCUT2D eigenvalue weighted by Gasteiger charge is 2.25. The van der Waals surface area contributed by atoms with Crippen molar-refractivity contribution in [2.24, 2.45) is 5.92 Å². The van der Waals surface area contributed by atoms with Crippen molar-refractivity contribution in [2.75, 3.05) is 70.8 Å². The summed E-state index contributed by atoms with van der Waals surface area (Å²) in [5.74, 6) is 0.683. The molecule has 14 heteroatoms. The molecule has 0 saturated carbocycles. The van der Waals surface area contributed by atoms with E-state index in [1.165, 1.54) is 6.42 Å². The standard InChI is InChI=1S/C37H69N3O10S/c1-4-5-24-50-37(46)36(31(2)3)40-34(43)17-10-7-6-8-12-29-51-30-13-9-11-16-32(41)38-20-14-22-47-25-27-49-28-26-48-23-15-21-39-33(42)18-19-35(44)45/h31,36H,4-30H2,1-3H3,(H,38,41)(H,39,42)(H,40,43)(H,44,45). The Balaban J connectivity index is 3.42. The maximum absolute atomic E-state index is 12.3. The van der Waals surface area contributed by atoms with Gasteiger partial charge in [0, 0.05) is 45.6 Å². The number of carboxylic acid groups (broad SMARTS) is 1. The highest BCUT2D eigenvalue weighted by molar-refractivity contribution is 7.99. The van der Waals surface area contributed by atoms with Gasteiger partial charge in [0.25, 0.3) is 0 Å².